The van der Waals surface area contributed by atoms with Gasteiger partial charge in [0.25, 0.3) is 0 Å². The first-order valence-corrected chi connectivity index (χ1v) is 6.47. The number of ether oxygens (including phenoxy) is 1. The smallest absolute Gasteiger partial charge is 0.328 e. The molecule has 0 aliphatic carbocycles. The fourth-order valence-corrected chi connectivity index (χ4v) is 1.81. The molecule has 1 amide bonds. The Morgan fingerprint density at radius 3 is 2.59 bits per heavy atom. The predicted octanol–water partition coefficient (Wildman–Crippen LogP) is -0.605. The maximum atomic E-state index is 11.8. The summed E-state index contributed by atoms with van der Waals surface area (Å²) < 4.78 is 4.60. The Morgan fingerprint density at radius 2 is 2.05 bits per heavy atom. The SMILES string of the molecule is COC(=O)[C@H](Cc1cccc(O)c1)NC(=O)[C@@H](N)CC(=O)O. The number of hydrogen-bond acceptors (Lipinski definition) is 6. The largest absolute Gasteiger partial charge is 0.508 e. The van der Waals surface area contributed by atoms with E-state index in [2.05, 4.69) is 10.1 Å². The van der Waals surface area contributed by atoms with Crippen molar-refractivity contribution in [1.82, 2.24) is 5.32 Å². The minimum Gasteiger partial charge on any atom is -0.508 e. The highest BCUT2D eigenvalue weighted by molar-refractivity contribution is 5.89. The lowest BCUT2D eigenvalue weighted by Gasteiger charge is -2.18. The van der Waals surface area contributed by atoms with Gasteiger partial charge in [-0.1, -0.05) is 12.1 Å². The summed E-state index contributed by atoms with van der Waals surface area (Å²) in [5, 5.41) is 20.4. The Balaban J connectivity index is 2.79. The molecule has 0 saturated heterocycles. The number of nitrogens with two attached hydrogens (primary N) is 1. The number of esters is 1. The van der Waals surface area contributed by atoms with Crippen molar-refractivity contribution in [3.05, 3.63) is 29.8 Å². The number of phenolic OH excluding ortho intramolecular Hbond substituents is 1. The highest BCUT2D eigenvalue weighted by Crippen LogP contribution is 2.13. The topological polar surface area (TPSA) is 139 Å². The molecule has 0 radical (unpaired) electrons. The first-order chi connectivity index (χ1) is 10.3. The molecule has 1 rings (SSSR count). The molecule has 0 heterocycles. The third-order valence-corrected chi connectivity index (χ3v) is 2.88. The van der Waals surface area contributed by atoms with Crippen LogP contribution in [0.3, 0.4) is 0 Å². The molecular formula is C14H18N2O6. The fourth-order valence-electron chi connectivity index (χ4n) is 1.81. The number of aromatic hydroxyl groups is 1. The average Bonchev–Trinajstić information content (AvgIpc) is 2.44. The molecule has 1 aromatic rings. The van der Waals surface area contributed by atoms with Crippen molar-refractivity contribution in [1.29, 1.82) is 0 Å². The number of carbonyl (C=O) groups excluding carboxylic acids is 2. The first kappa shape index (κ1) is 17.4. The van der Waals surface area contributed by atoms with E-state index in [1.807, 2.05) is 0 Å². The normalized spacial score (nSPS) is 13.0. The van der Waals surface area contributed by atoms with E-state index in [0.29, 0.717) is 5.56 Å². The first-order valence-electron chi connectivity index (χ1n) is 6.47. The van der Waals surface area contributed by atoms with Gasteiger partial charge in [-0.25, -0.2) is 4.79 Å². The lowest BCUT2D eigenvalue weighted by molar-refractivity contribution is -0.145. The van der Waals surface area contributed by atoms with E-state index in [1.165, 1.54) is 19.2 Å². The van der Waals surface area contributed by atoms with Gasteiger partial charge in [0.15, 0.2) is 0 Å². The Morgan fingerprint density at radius 1 is 1.36 bits per heavy atom. The second-order valence-electron chi connectivity index (χ2n) is 4.66. The van der Waals surface area contributed by atoms with Gasteiger partial charge < -0.3 is 26.0 Å². The Labute approximate surface area is 126 Å². The predicted molar refractivity (Wildman–Crippen MR) is 76.0 cm³/mol. The zero-order chi connectivity index (χ0) is 16.7. The summed E-state index contributed by atoms with van der Waals surface area (Å²) in [5.74, 6) is -2.66. The Hall–Kier alpha value is -2.61. The van der Waals surface area contributed by atoms with E-state index < -0.39 is 36.4 Å². The lowest BCUT2D eigenvalue weighted by atomic mass is 10.0. The van der Waals surface area contributed by atoms with Crippen LogP contribution in [0.15, 0.2) is 24.3 Å². The van der Waals surface area contributed by atoms with Gasteiger partial charge in [0.05, 0.1) is 19.6 Å². The minimum absolute atomic E-state index is 0.0232. The zero-order valence-electron chi connectivity index (χ0n) is 12.0. The van der Waals surface area contributed by atoms with Crippen LogP contribution in [0.5, 0.6) is 5.75 Å². The summed E-state index contributed by atoms with van der Waals surface area (Å²) in [5.41, 5.74) is 6.04. The number of nitrogens with one attached hydrogen (secondary N) is 1. The molecule has 8 nitrogen and oxygen atoms in total. The van der Waals surface area contributed by atoms with Gasteiger partial charge in [-0.2, -0.15) is 0 Å². The van der Waals surface area contributed by atoms with Gasteiger partial charge in [0.1, 0.15) is 11.8 Å². The van der Waals surface area contributed by atoms with Crippen molar-refractivity contribution in [2.45, 2.75) is 24.9 Å². The molecule has 0 fully saturated rings. The van der Waals surface area contributed by atoms with Gasteiger partial charge in [-0.05, 0) is 17.7 Å². The van der Waals surface area contributed by atoms with Crippen molar-refractivity contribution >= 4 is 17.8 Å². The van der Waals surface area contributed by atoms with Crippen molar-refractivity contribution in [2.24, 2.45) is 5.73 Å². The van der Waals surface area contributed by atoms with E-state index in [1.54, 1.807) is 12.1 Å². The molecule has 0 bridgehead atoms. The van der Waals surface area contributed by atoms with Crippen molar-refractivity contribution in [2.75, 3.05) is 7.11 Å². The minimum atomic E-state index is -1.27. The van der Waals surface area contributed by atoms with E-state index in [0.717, 1.165) is 0 Å². The Bertz CT molecular complexity index is 560. The van der Waals surface area contributed by atoms with Gasteiger partial charge in [0.2, 0.25) is 5.91 Å². The number of carbonyl (C=O) groups is 3. The summed E-state index contributed by atoms with van der Waals surface area (Å²) in [6.07, 6.45) is -0.474. The molecule has 0 unspecified atom stereocenters. The van der Waals surface area contributed by atoms with Crippen LogP contribution in [-0.2, 0) is 25.5 Å². The number of carboxylic acids is 1. The number of amides is 1. The van der Waals surface area contributed by atoms with Crippen molar-refractivity contribution in [3.8, 4) is 5.75 Å². The monoisotopic (exact) mass is 310 g/mol. The van der Waals surface area contributed by atoms with Crippen LogP contribution >= 0.6 is 0 Å². The molecule has 2 atom stereocenters. The van der Waals surface area contributed by atoms with Gasteiger partial charge in [0, 0.05) is 6.42 Å². The molecule has 8 heteroatoms. The molecular weight excluding hydrogens is 292 g/mol. The summed E-state index contributed by atoms with van der Waals surface area (Å²) in [6.45, 7) is 0. The Kier molecular flexibility index (Phi) is 6.33. The summed E-state index contributed by atoms with van der Waals surface area (Å²) in [6, 6.07) is 3.88. The zero-order valence-corrected chi connectivity index (χ0v) is 12.0. The van der Waals surface area contributed by atoms with Gasteiger partial charge in [-0.15, -0.1) is 0 Å². The number of rotatable bonds is 7. The molecule has 120 valence electrons. The molecule has 5 N–H and O–H groups in total. The van der Waals surface area contributed by atoms with E-state index >= 15 is 0 Å². The van der Waals surface area contributed by atoms with Gasteiger partial charge in [-0.3, -0.25) is 9.59 Å². The standard InChI is InChI=1S/C14H18N2O6/c1-22-14(21)11(6-8-3-2-4-9(17)5-8)16-13(20)10(15)7-12(18)19/h2-5,10-11,17H,6-7,15H2,1H3,(H,16,20)(H,18,19)/t10-,11-/m0/s1. The summed E-state index contributed by atoms with van der Waals surface area (Å²) >= 11 is 0. The highest BCUT2D eigenvalue weighted by Gasteiger charge is 2.25. The third kappa shape index (κ3) is 5.41. The van der Waals surface area contributed by atoms with Crippen LogP contribution in [0.4, 0.5) is 0 Å². The number of hydrogen-bond donors (Lipinski definition) is 4. The maximum Gasteiger partial charge on any atom is 0.328 e. The number of phenols is 1. The number of methoxy groups -OCH3 is 1. The molecule has 0 spiro atoms. The molecule has 0 aromatic heterocycles. The van der Waals surface area contributed by atoms with Crippen molar-refractivity contribution < 1.29 is 29.3 Å². The summed E-state index contributed by atoms with van der Waals surface area (Å²) in [4.78, 5) is 34.1. The van der Waals surface area contributed by atoms with Crippen LogP contribution < -0.4 is 11.1 Å². The molecule has 1 aromatic carbocycles. The highest BCUT2D eigenvalue weighted by atomic mass is 16.5. The fraction of sp³-hybridized carbons (Fsp3) is 0.357. The molecule has 22 heavy (non-hydrogen) atoms. The quantitative estimate of drug-likeness (QED) is 0.493. The van der Waals surface area contributed by atoms with Gasteiger partial charge >= 0.3 is 11.9 Å². The second-order valence-corrected chi connectivity index (χ2v) is 4.66. The molecule has 0 saturated carbocycles. The molecule has 0 aliphatic rings. The van der Waals surface area contributed by atoms with Crippen LogP contribution in [0.25, 0.3) is 0 Å². The number of carboxylic acid groups (broad SMARTS) is 1. The van der Waals surface area contributed by atoms with Crippen molar-refractivity contribution in [3.63, 3.8) is 0 Å². The van der Waals surface area contributed by atoms with E-state index in [-0.39, 0.29) is 12.2 Å². The number of benzene rings is 1. The maximum absolute atomic E-state index is 11.8. The molecule has 0 aliphatic heterocycles. The third-order valence-electron chi connectivity index (χ3n) is 2.88. The van der Waals surface area contributed by atoms with Crippen LogP contribution in [-0.4, -0.2) is 47.3 Å². The van der Waals surface area contributed by atoms with E-state index in [9.17, 15) is 19.5 Å². The second kappa shape index (κ2) is 7.99. The van der Waals surface area contributed by atoms with E-state index in [4.69, 9.17) is 10.8 Å². The average molecular weight is 310 g/mol. The number of aliphatic carboxylic acids is 1. The summed E-state index contributed by atoms with van der Waals surface area (Å²) in [7, 11) is 1.17. The lowest BCUT2D eigenvalue weighted by Crippen LogP contribution is -2.50. The van der Waals surface area contributed by atoms with Crippen LogP contribution in [0.1, 0.15) is 12.0 Å². The van der Waals surface area contributed by atoms with Crippen LogP contribution in [0, 0.1) is 0 Å². The van der Waals surface area contributed by atoms with Crippen LogP contribution in [0.2, 0.25) is 0 Å².